The molecule has 0 aromatic heterocycles. The van der Waals surface area contributed by atoms with E-state index >= 15 is 0 Å². The molecule has 0 aliphatic carbocycles. The second-order valence-electron chi connectivity index (χ2n) is 4.38. The molecule has 3 nitrogen and oxygen atoms in total. The van der Waals surface area contributed by atoms with Crippen LogP contribution in [0.1, 0.15) is 21.5 Å². The third kappa shape index (κ3) is 3.48. The van der Waals surface area contributed by atoms with Crippen LogP contribution in [0.5, 0.6) is 0 Å². The van der Waals surface area contributed by atoms with E-state index in [9.17, 15) is 4.79 Å². The first kappa shape index (κ1) is 13.4. The van der Waals surface area contributed by atoms with Crippen molar-refractivity contribution in [1.82, 2.24) is 5.32 Å². The standard InChI is InChI=1S/C15H15ClN2O/c1-10-2-5-12(16)8-14(10)15(19)18-9-11-3-6-13(17)7-4-11/h2-8H,9,17H2,1H3,(H,18,19). The molecule has 3 N–H and O–H groups in total. The van der Waals surface area contributed by atoms with Crippen molar-refractivity contribution in [2.75, 3.05) is 5.73 Å². The van der Waals surface area contributed by atoms with Crippen molar-refractivity contribution in [3.63, 3.8) is 0 Å². The van der Waals surface area contributed by atoms with Crippen molar-refractivity contribution >= 4 is 23.2 Å². The number of amides is 1. The zero-order valence-electron chi connectivity index (χ0n) is 10.6. The number of anilines is 1. The molecule has 98 valence electrons. The predicted octanol–water partition coefficient (Wildman–Crippen LogP) is 3.16. The van der Waals surface area contributed by atoms with Crippen molar-refractivity contribution in [2.45, 2.75) is 13.5 Å². The Labute approximate surface area is 117 Å². The van der Waals surface area contributed by atoms with Gasteiger partial charge < -0.3 is 11.1 Å². The first-order valence-corrected chi connectivity index (χ1v) is 6.33. The smallest absolute Gasteiger partial charge is 0.251 e. The van der Waals surface area contributed by atoms with Crippen LogP contribution < -0.4 is 11.1 Å². The molecule has 0 aliphatic rings. The molecule has 0 radical (unpaired) electrons. The number of halogens is 1. The Kier molecular flexibility index (Phi) is 4.07. The summed E-state index contributed by atoms with van der Waals surface area (Å²) in [6.45, 7) is 2.35. The number of aryl methyl sites for hydroxylation is 1. The van der Waals surface area contributed by atoms with Crippen LogP contribution in [0.2, 0.25) is 5.02 Å². The molecule has 0 saturated carbocycles. The van der Waals surface area contributed by atoms with Crippen molar-refractivity contribution in [2.24, 2.45) is 0 Å². The van der Waals surface area contributed by atoms with Crippen LogP contribution in [0.4, 0.5) is 5.69 Å². The Bertz CT molecular complexity index is 594. The summed E-state index contributed by atoms with van der Waals surface area (Å²) >= 11 is 5.90. The molecule has 1 amide bonds. The summed E-state index contributed by atoms with van der Waals surface area (Å²) in [5.74, 6) is -0.128. The zero-order valence-corrected chi connectivity index (χ0v) is 11.4. The van der Waals surface area contributed by atoms with Crippen LogP contribution in [0.25, 0.3) is 0 Å². The van der Waals surface area contributed by atoms with Gasteiger partial charge in [-0.25, -0.2) is 0 Å². The third-order valence-corrected chi connectivity index (χ3v) is 3.11. The first-order chi connectivity index (χ1) is 9.06. The van der Waals surface area contributed by atoms with Gasteiger partial charge in [0.2, 0.25) is 0 Å². The van der Waals surface area contributed by atoms with E-state index in [1.807, 2.05) is 37.3 Å². The van der Waals surface area contributed by atoms with Gasteiger partial charge in [0, 0.05) is 22.8 Å². The molecule has 2 aromatic carbocycles. The highest BCUT2D eigenvalue weighted by molar-refractivity contribution is 6.31. The topological polar surface area (TPSA) is 55.1 Å². The normalized spacial score (nSPS) is 10.2. The highest BCUT2D eigenvalue weighted by atomic mass is 35.5. The van der Waals surface area contributed by atoms with E-state index in [0.29, 0.717) is 22.8 Å². The average molecular weight is 275 g/mol. The van der Waals surface area contributed by atoms with Crippen LogP contribution in [0.15, 0.2) is 42.5 Å². The molecule has 0 fully saturated rings. The van der Waals surface area contributed by atoms with Crippen LogP contribution in [0, 0.1) is 6.92 Å². The van der Waals surface area contributed by atoms with E-state index < -0.39 is 0 Å². The van der Waals surface area contributed by atoms with Crippen molar-refractivity contribution in [3.05, 3.63) is 64.2 Å². The Morgan fingerprint density at radius 1 is 1.21 bits per heavy atom. The predicted molar refractivity (Wildman–Crippen MR) is 78.2 cm³/mol. The van der Waals surface area contributed by atoms with Crippen LogP contribution in [-0.4, -0.2) is 5.91 Å². The van der Waals surface area contributed by atoms with Crippen LogP contribution >= 0.6 is 11.6 Å². The number of carbonyl (C=O) groups excluding carboxylic acids is 1. The van der Waals surface area contributed by atoms with Crippen LogP contribution in [-0.2, 0) is 6.54 Å². The molecule has 2 aromatic rings. The van der Waals surface area contributed by atoms with E-state index in [-0.39, 0.29) is 5.91 Å². The molecule has 0 spiro atoms. The van der Waals surface area contributed by atoms with E-state index in [4.69, 9.17) is 17.3 Å². The first-order valence-electron chi connectivity index (χ1n) is 5.95. The fourth-order valence-electron chi connectivity index (χ4n) is 1.75. The van der Waals surface area contributed by atoms with Gasteiger partial charge in [-0.15, -0.1) is 0 Å². The second-order valence-corrected chi connectivity index (χ2v) is 4.82. The summed E-state index contributed by atoms with van der Waals surface area (Å²) in [7, 11) is 0. The van der Waals surface area contributed by atoms with Gasteiger partial charge >= 0.3 is 0 Å². The lowest BCUT2D eigenvalue weighted by Crippen LogP contribution is -2.23. The van der Waals surface area contributed by atoms with Gasteiger partial charge in [0.25, 0.3) is 5.91 Å². The monoisotopic (exact) mass is 274 g/mol. The fourth-order valence-corrected chi connectivity index (χ4v) is 1.92. The minimum absolute atomic E-state index is 0.128. The van der Waals surface area contributed by atoms with Gasteiger partial charge in [0.05, 0.1) is 0 Å². The maximum absolute atomic E-state index is 12.1. The molecular weight excluding hydrogens is 260 g/mol. The maximum atomic E-state index is 12.1. The van der Waals surface area contributed by atoms with Gasteiger partial charge in [-0.05, 0) is 42.3 Å². The molecule has 0 aliphatic heterocycles. The number of rotatable bonds is 3. The summed E-state index contributed by atoms with van der Waals surface area (Å²) in [5, 5.41) is 3.42. The molecular formula is C15H15ClN2O. The van der Waals surface area contributed by atoms with Gasteiger partial charge in [-0.1, -0.05) is 29.8 Å². The van der Waals surface area contributed by atoms with Crippen LogP contribution in [0.3, 0.4) is 0 Å². The van der Waals surface area contributed by atoms with E-state index in [1.54, 1.807) is 12.1 Å². The molecule has 0 heterocycles. The molecule has 2 rings (SSSR count). The Balaban J connectivity index is 2.05. The molecule has 0 atom stereocenters. The second kappa shape index (κ2) is 5.76. The number of carbonyl (C=O) groups is 1. The highest BCUT2D eigenvalue weighted by Crippen LogP contribution is 2.15. The number of benzene rings is 2. The summed E-state index contributed by atoms with van der Waals surface area (Å²) in [6, 6.07) is 12.7. The lowest BCUT2D eigenvalue weighted by molar-refractivity contribution is 0.0950. The number of nitrogens with one attached hydrogen (secondary N) is 1. The SMILES string of the molecule is Cc1ccc(Cl)cc1C(=O)NCc1ccc(N)cc1. The summed E-state index contributed by atoms with van der Waals surface area (Å²) in [4.78, 5) is 12.1. The minimum Gasteiger partial charge on any atom is -0.399 e. The molecule has 0 unspecified atom stereocenters. The van der Waals surface area contributed by atoms with Gasteiger partial charge in [-0.3, -0.25) is 4.79 Å². The van der Waals surface area contributed by atoms with Crippen molar-refractivity contribution in [3.8, 4) is 0 Å². The quantitative estimate of drug-likeness (QED) is 0.845. The number of nitrogen functional groups attached to an aromatic ring is 1. The van der Waals surface area contributed by atoms with Gasteiger partial charge in [-0.2, -0.15) is 0 Å². The summed E-state index contributed by atoms with van der Waals surface area (Å²) in [6.07, 6.45) is 0. The number of hydrogen-bond acceptors (Lipinski definition) is 2. The molecule has 0 saturated heterocycles. The summed E-state index contributed by atoms with van der Waals surface area (Å²) in [5.41, 5.74) is 8.82. The molecule has 19 heavy (non-hydrogen) atoms. The zero-order chi connectivity index (χ0) is 13.8. The van der Waals surface area contributed by atoms with E-state index in [0.717, 1.165) is 11.1 Å². The van der Waals surface area contributed by atoms with E-state index in [1.165, 1.54) is 0 Å². The van der Waals surface area contributed by atoms with Crippen molar-refractivity contribution < 1.29 is 4.79 Å². The van der Waals surface area contributed by atoms with E-state index in [2.05, 4.69) is 5.32 Å². The number of hydrogen-bond donors (Lipinski definition) is 2. The highest BCUT2D eigenvalue weighted by Gasteiger charge is 2.09. The lowest BCUT2D eigenvalue weighted by Gasteiger charge is -2.08. The molecule has 0 bridgehead atoms. The average Bonchev–Trinajstić information content (AvgIpc) is 2.40. The Morgan fingerprint density at radius 3 is 2.58 bits per heavy atom. The van der Waals surface area contributed by atoms with Gasteiger partial charge in [0.1, 0.15) is 0 Å². The number of nitrogens with two attached hydrogens (primary N) is 1. The Morgan fingerprint density at radius 2 is 1.89 bits per heavy atom. The fraction of sp³-hybridized carbons (Fsp3) is 0.133. The maximum Gasteiger partial charge on any atom is 0.251 e. The third-order valence-electron chi connectivity index (χ3n) is 2.88. The van der Waals surface area contributed by atoms with Gasteiger partial charge in [0.15, 0.2) is 0 Å². The van der Waals surface area contributed by atoms with Crippen molar-refractivity contribution in [1.29, 1.82) is 0 Å². The lowest BCUT2D eigenvalue weighted by atomic mass is 10.1. The Hall–Kier alpha value is -2.00. The minimum atomic E-state index is -0.128. The summed E-state index contributed by atoms with van der Waals surface area (Å²) < 4.78 is 0. The largest absolute Gasteiger partial charge is 0.399 e. The molecule has 4 heteroatoms.